The minimum Gasteiger partial charge on any atom is -0.377 e. The van der Waals surface area contributed by atoms with E-state index in [1.165, 1.54) is 18.2 Å². The zero-order valence-corrected chi connectivity index (χ0v) is 11.1. The molecule has 0 saturated carbocycles. The predicted molar refractivity (Wildman–Crippen MR) is 69.5 cm³/mol. The molecule has 1 atom stereocenters. The molecule has 2 aromatic carbocycles. The zero-order chi connectivity index (χ0) is 15.6. The average molecular weight is 301 g/mol. The van der Waals surface area contributed by atoms with Crippen molar-refractivity contribution < 1.29 is 22.0 Å². The van der Waals surface area contributed by atoms with Crippen LogP contribution in [0.25, 0.3) is 0 Å². The summed E-state index contributed by atoms with van der Waals surface area (Å²) in [5, 5.41) is 2.38. The zero-order valence-electron chi connectivity index (χ0n) is 11.1. The van der Waals surface area contributed by atoms with Crippen LogP contribution in [0.4, 0.5) is 27.6 Å². The molecule has 6 heteroatoms. The molecule has 0 bridgehead atoms. The SMILES string of the molecule is CC(Cc1cccc(F)c1)Nc1c(F)c(F)cc(F)c1F. The third kappa shape index (κ3) is 3.51. The third-order valence-electron chi connectivity index (χ3n) is 2.93. The van der Waals surface area contributed by atoms with Gasteiger partial charge in [-0.15, -0.1) is 0 Å². The fourth-order valence-corrected chi connectivity index (χ4v) is 2.01. The monoisotopic (exact) mass is 301 g/mol. The molecular formula is C15H12F5N. The van der Waals surface area contributed by atoms with Gasteiger partial charge in [0.1, 0.15) is 11.5 Å². The van der Waals surface area contributed by atoms with Crippen LogP contribution in [0.2, 0.25) is 0 Å². The lowest BCUT2D eigenvalue weighted by Crippen LogP contribution is -2.20. The van der Waals surface area contributed by atoms with Crippen molar-refractivity contribution in [3.05, 3.63) is 65.0 Å². The summed E-state index contributed by atoms with van der Waals surface area (Å²) >= 11 is 0. The van der Waals surface area contributed by atoms with E-state index in [-0.39, 0.29) is 12.5 Å². The molecule has 2 rings (SSSR count). The van der Waals surface area contributed by atoms with E-state index >= 15 is 0 Å². The summed E-state index contributed by atoms with van der Waals surface area (Å²) < 4.78 is 66.2. The van der Waals surface area contributed by atoms with Gasteiger partial charge in [-0.25, -0.2) is 22.0 Å². The Kier molecular flexibility index (Phi) is 4.45. The van der Waals surface area contributed by atoms with Gasteiger partial charge in [0.25, 0.3) is 0 Å². The Bertz CT molecular complexity index is 631. The van der Waals surface area contributed by atoms with Gasteiger partial charge in [0.05, 0.1) is 0 Å². The van der Waals surface area contributed by atoms with Crippen LogP contribution in [0.5, 0.6) is 0 Å². The number of hydrogen-bond donors (Lipinski definition) is 1. The van der Waals surface area contributed by atoms with E-state index in [2.05, 4.69) is 5.32 Å². The molecule has 0 fully saturated rings. The van der Waals surface area contributed by atoms with Gasteiger partial charge in [0.2, 0.25) is 0 Å². The second kappa shape index (κ2) is 6.11. The Hall–Kier alpha value is -2.11. The van der Waals surface area contributed by atoms with E-state index in [1.807, 2.05) is 0 Å². The molecule has 1 nitrogen and oxygen atoms in total. The van der Waals surface area contributed by atoms with Gasteiger partial charge in [-0.05, 0) is 31.0 Å². The number of anilines is 1. The predicted octanol–water partition coefficient (Wildman–Crippen LogP) is 4.43. The number of rotatable bonds is 4. The van der Waals surface area contributed by atoms with Gasteiger partial charge in [0, 0.05) is 12.1 Å². The summed E-state index contributed by atoms with van der Waals surface area (Å²) in [6, 6.07) is 5.27. The Morgan fingerprint density at radius 1 is 0.952 bits per heavy atom. The van der Waals surface area contributed by atoms with Gasteiger partial charge in [-0.3, -0.25) is 0 Å². The van der Waals surface area contributed by atoms with Gasteiger partial charge >= 0.3 is 0 Å². The summed E-state index contributed by atoms with van der Waals surface area (Å²) in [5.74, 6) is -6.36. The summed E-state index contributed by atoms with van der Waals surface area (Å²) in [7, 11) is 0. The highest BCUT2D eigenvalue weighted by molar-refractivity contribution is 5.48. The number of nitrogens with one attached hydrogen (secondary N) is 1. The molecular weight excluding hydrogens is 289 g/mol. The fraction of sp³-hybridized carbons (Fsp3) is 0.200. The van der Waals surface area contributed by atoms with Crippen molar-refractivity contribution in [2.24, 2.45) is 0 Å². The van der Waals surface area contributed by atoms with Crippen molar-refractivity contribution in [1.29, 1.82) is 0 Å². The lowest BCUT2D eigenvalue weighted by molar-refractivity contribution is 0.456. The second-order valence-corrected chi connectivity index (χ2v) is 4.72. The molecule has 0 aliphatic carbocycles. The topological polar surface area (TPSA) is 12.0 Å². The molecule has 1 N–H and O–H groups in total. The first kappa shape index (κ1) is 15.3. The molecule has 0 aliphatic rings. The minimum absolute atomic E-state index is 0.146. The lowest BCUT2D eigenvalue weighted by Gasteiger charge is -2.17. The van der Waals surface area contributed by atoms with Crippen LogP contribution >= 0.6 is 0 Å². The quantitative estimate of drug-likeness (QED) is 0.651. The van der Waals surface area contributed by atoms with Crippen LogP contribution in [0.1, 0.15) is 12.5 Å². The summed E-state index contributed by atoms with van der Waals surface area (Å²) in [4.78, 5) is 0. The molecule has 0 spiro atoms. The van der Waals surface area contributed by atoms with Gasteiger partial charge in [-0.1, -0.05) is 12.1 Å². The van der Waals surface area contributed by atoms with Crippen LogP contribution in [0, 0.1) is 29.1 Å². The van der Waals surface area contributed by atoms with E-state index in [4.69, 9.17) is 0 Å². The van der Waals surface area contributed by atoms with Crippen molar-refractivity contribution in [2.45, 2.75) is 19.4 Å². The summed E-state index contributed by atoms with van der Waals surface area (Å²) in [6.45, 7) is 1.56. The highest BCUT2D eigenvalue weighted by atomic mass is 19.2. The van der Waals surface area contributed by atoms with Gasteiger partial charge in [-0.2, -0.15) is 0 Å². The molecule has 0 saturated heterocycles. The molecule has 1 unspecified atom stereocenters. The molecule has 2 aromatic rings. The highest BCUT2D eigenvalue weighted by Crippen LogP contribution is 2.25. The van der Waals surface area contributed by atoms with Crippen LogP contribution < -0.4 is 5.32 Å². The number of benzene rings is 2. The number of hydrogen-bond acceptors (Lipinski definition) is 1. The van der Waals surface area contributed by atoms with Crippen molar-refractivity contribution in [3.8, 4) is 0 Å². The third-order valence-corrected chi connectivity index (χ3v) is 2.93. The largest absolute Gasteiger partial charge is 0.377 e. The van der Waals surface area contributed by atoms with Crippen molar-refractivity contribution in [1.82, 2.24) is 0 Å². The first-order chi connectivity index (χ1) is 9.88. The Balaban J connectivity index is 2.18. The molecule has 0 aromatic heterocycles. The first-order valence-corrected chi connectivity index (χ1v) is 6.22. The summed E-state index contributed by atoms with van der Waals surface area (Å²) in [6.07, 6.45) is 0.231. The van der Waals surface area contributed by atoms with E-state index in [0.29, 0.717) is 5.56 Å². The summed E-state index contributed by atoms with van der Waals surface area (Å²) in [5.41, 5.74) is -0.274. The Morgan fingerprint density at radius 3 is 2.14 bits per heavy atom. The Labute approximate surface area is 118 Å². The minimum atomic E-state index is -1.49. The van der Waals surface area contributed by atoms with Crippen molar-refractivity contribution in [2.75, 3.05) is 5.32 Å². The van der Waals surface area contributed by atoms with Crippen LogP contribution in [-0.4, -0.2) is 6.04 Å². The lowest BCUT2D eigenvalue weighted by atomic mass is 10.1. The second-order valence-electron chi connectivity index (χ2n) is 4.72. The standard InChI is InChI=1S/C15H12F5N/c1-8(5-9-3-2-4-10(16)6-9)21-15-13(19)11(17)7-12(18)14(15)20/h2-4,6-8,21H,5H2,1H3. The maximum Gasteiger partial charge on any atom is 0.185 e. The Morgan fingerprint density at radius 2 is 1.57 bits per heavy atom. The fourth-order valence-electron chi connectivity index (χ4n) is 2.01. The molecule has 0 amide bonds. The van der Waals surface area contributed by atoms with E-state index in [0.717, 1.165) is 0 Å². The highest BCUT2D eigenvalue weighted by Gasteiger charge is 2.20. The smallest absolute Gasteiger partial charge is 0.185 e. The van der Waals surface area contributed by atoms with Crippen molar-refractivity contribution >= 4 is 5.69 Å². The normalized spacial score (nSPS) is 12.3. The molecule has 21 heavy (non-hydrogen) atoms. The van der Waals surface area contributed by atoms with E-state index in [9.17, 15) is 22.0 Å². The number of halogens is 5. The maximum atomic E-state index is 13.5. The first-order valence-electron chi connectivity index (χ1n) is 6.22. The van der Waals surface area contributed by atoms with Crippen LogP contribution in [0.15, 0.2) is 30.3 Å². The molecule has 0 heterocycles. The van der Waals surface area contributed by atoms with E-state index < -0.39 is 40.8 Å². The average Bonchev–Trinajstić information content (AvgIpc) is 2.41. The van der Waals surface area contributed by atoms with Crippen LogP contribution in [-0.2, 0) is 6.42 Å². The molecule has 112 valence electrons. The van der Waals surface area contributed by atoms with Gasteiger partial charge < -0.3 is 5.32 Å². The van der Waals surface area contributed by atoms with Crippen LogP contribution in [0.3, 0.4) is 0 Å². The molecule has 0 aliphatic heterocycles. The van der Waals surface area contributed by atoms with Crippen molar-refractivity contribution in [3.63, 3.8) is 0 Å². The van der Waals surface area contributed by atoms with E-state index in [1.54, 1.807) is 13.0 Å². The molecule has 0 radical (unpaired) electrons. The maximum absolute atomic E-state index is 13.5. The van der Waals surface area contributed by atoms with Gasteiger partial charge in [0.15, 0.2) is 23.3 Å².